The van der Waals surface area contributed by atoms with E-state index in [-0.39, 0.29) is 17.9 Å². The van der Waals surface area contributed by atoms with Gasteiger partial charge in [-0.3, -0.25) is 4.79 Å². The van der Waals surface area contributed by atoms with Crippen molar-refractivity contribution in [3.63, 3.8) is 0 Å². The predicted molar refractivity (Wildman–Crippen MR) is 78.7 cm³/mol. The van der Waals surface area contributed by atoms with Crippen LogP contribution >= 0.6 is 0 Å². The van der Waals surface area contributed by atoms with Crippen molar-refractivity contribution in [3.8, 4) is 5.75 Å². The molecule has 0 bridgehead atoms. The van der Waals surface area contributed by atoms with Gasteiger partial charge in [-0.15, -0.1) is 0 Å². The van der Waals surface area contributed by atoms with Crippen LogP contribution in [0.15, 0.2) is 48.5 Å². The molecule has 0 fully saturated rings. The van der Waals surface area contributed by atoms with Gasteiger partial charge in [-0.2, -0.15) is 0 Å². The van der Waals surface area contributed by atoms with Gasteiger partial charge in [0, 0.05) is 11.8 Å². The van der Waals surface area contributed by atoms with Gasteiger partial charge < -0.3 is 15.2 Å². The first kappa shape index (κ1) is 14.6. The van der Waals surface area contributed by atoms with E-state index in [9.17, 15) is 9.59 Å². The van der Waals surface area contributed by atoms with Gasteiger partial charge in [0.25, 0.3) is 0 Å². The van der Waals surface area contributed by atoms with E-state index in [4.69, 9.17) is 9.84 Å². The molecule has 2 rings (SSSR count). The summed E-state index contributed by atoms with van der Waals surface area (Å²) in [4.78, 5) is 23.1. The molecule has 1 amide bonds. The fraction of sp³-hybridized carbons (Fsp3) is 0.125. The molecule has 0 aliphatic heterocycles. The summed E-state index contributed by atoms with van der Waals surface area (Å²) in [5, 5.41) is 11.8. The summed E-state index contributed by atoms with van der Waals surface area (Å²) in [7, 11) is 1.55. The highest BCUT2D eigenvalue weighted by Crippen LogP contribution is 2.17. The fourth-order valence-corrected chi connectivity index (χ4v) is 1.96. The summed E-state index contributed by atoms with van der Waals surface area (Å²) in [6, 6.07) is 13.4. The van der Waals surface area contributed by atoms with Crippen molar-refractivity contribution in [3.05, 3.63) is 59.7 Å². The first-order valence-corrected chi connectivity index (χ1v) is 6.35. The highest BCUT2D eigenvalue weighted by atomic mass is 16.5. The Morgan fingerprint density at radius 2 is 1.90 bits per heavy atom. The molecule has 0 saturated heterocycles. The van der Waals surface area contributed by atoms with Crippen molar-refractivity contribution in [1.82, 2.24) is 0 Å². The van der Waals surface area contributed by atoms with Gasteiger partial charge in [-0.1, -0.05) is 24.3 Å². The molecule has 2 aromatic carbocycles. The van der Waals surface area contributed by atoms with Gasteiger partial charge >= 0.3 is 5.97 Å². The van der Waals surface area contributed by atoms with Gasteiger partial charge in [0.05, 0.1) is 19.1 Å². The van der Waals surface area contributed by atoms with Gasteiger partial charge in [0.15, 0.2) is 0 Å². The van der Waals surface area contributed by atoms with Crippen LogP contribution in [0.3, 0.4) is 0 Å². The Balaban J connectivity index is 2.10. The molecule has 21 heavy (non-hydrogen) atoms. The Hall–Kier alpha value is -2.82. The Bertz CT molecular complexity index is 667. The molecule has 0 heterocycles. The Labute approximate surface area is 122 Å². The van der Waals surface area contributed by atoms with Crippen LogP contribution in [0.1, 0.15) is 15.9 Å². The minimum absolute atomic E-state index is 0.000314. The molecule has 0 atom stereocenters. The number of benzene rings is 2. The van der Waals surface area contributed by atoms with Crippen molar-refractivity contribution in [2.24, 2.45) is 0 Å². The lowest BCUT2D eigenvalue weighted by molar-refractivity contribution is -0.115. The number of carboxylic acids is 1. The minimum atomic E-state index is -1.04. The molecule has 2 N–H and O–H groups in total. The van der Waals surface area contributed by atoms with Crippen molar-refractivity contribution in [2.75, 3.05) is 12.4 Å². The van der Waals surface area contributed by atoms with E-state index in [1.807, 2.05) is 0 Å². The van der Waals surface area contributed by atoms with Crippen LogP contribution in [-0.2, 0) is 11.2 Å². The molecular formula is C16H15NO4. The van der Waals surface area contributed by atoms with Gasteiger partial charge in [0.1, 0.15) is 5.75 Å². The number of amides is 1. The summed E-state index contributed by atoms with van der Waals surface area (Å²) in [5.41, 5.74) is 1.22. The molecule has 5 nitrogen and oxygen atoms in total. The molecular weight excluding hydrogens is 270 g/mol. The van der Waals surface area contributed by atoms with Crippen LogP contribution in [0, 0.1) is 0 Å². The monoisotopic (exact) mass is 285 g/mol. The zero-order chi connectivity index (χ0) is 15.2. The second-order valence-corrected chi connectivity index (χ2v) is 4.42. The topological polar surface area (TPSA) is 75.6 Å². The van der Waals surface area contributed by atoms with E-state index in [1.54, 1.807) is 49.6 Å². The molecule has 0 aromatic heterocycles. The number of ether oxygens (including phenoxy) is 1. The van der Waals surface area contributed by atoms with Crippen LogP contribution in [0.5, 0.6) is 5.75 Å². The summed E-state index contributed by atoms with van der Waals surface area (Å²) < 4.78 is 5.08. The number of carbonyl (C=O) groups excluding carboxylic acids is 1. The lowest BCUT2D eigenvalue weighted by Gasteiger charge is -2.08. The van der Waals surface area contributed by atoms with Crippen LogP contribution in [0.25, 0.3) is 0 Å². The number of carbonyl (C=O) groups is 2. The maximum atomic E-state index is 12.0. The lowest BCUT2D eigenvalue weighted by Crippen LogP contribution is -2.16. The fourth-order valence-electron chi connectivity index (χ4n) is 1.96. The number of hydrogen-bond donors (Lipinski definition) is 2. The van der Waals surface area contributed by atoms with Crippen LogP contribution in [0.2, 0.25) is 0 Å². The molecule has 0 unspecified atom stereocenters. The summed E-state index contributed by atoms with van der Waals surface area (Å²) >= 11 is 0. The second-order valence-electron chi connectivity index (χ2n) is 4.42. The molecule has 0 aliphatic rings. The number of aromatic carboxylic acids is 1. The third-order valence-electron chi connectivity index (χ3n) is 2.95. The maximum Gasteiger partial charge on any atom is 0.335 e. The Morgan fingerprint density at radius 3 is 2.62 bits per heavy atom. The smallest absolute Gasteiger partial charge is 0.335 e. The van der Waals surface area contributed by atoms with E-state index in [0.717, 1.165) is 0 Å². The zero-order valence-corrected chi connectivity index (χ0v) is 11.5. The Morgan fingerprint density at radius 1 is 1.14 bits per heavy atom. The predicted octanol–water partition coefficient (Wildman–Crippen LogP) is 2.57. The second kappa shape index (κ2) is 6.56. The standard InChI is InChI=1S/C16H15NO4/c1-21-13-7-4-6-12(10-13)17-15(18)9-11-5-2-3-8-14(11)16(19)20/h2-8,10H,9H2,1H3,(H,17,18)(H,19,20). The number of rotatable bonds is 5. The number of nitrogens with one attached hydrogen (secondary N) is 1. The first-order chi connectivity index (χ1) is 10.1. The summed E-state index contributed by atoms with van der Waals surface area (Å²) in [5.74, 6) is -0.685. The normalized spacial score (nSPS) is 9.95. The van der Waals surface area contributed by atoms with Crippen molar-refractivity contribution in [2.45, 2.75) is 6.42 Å². The molecule has 0 aliphatic carbocycles. The number of methoxy groups -OCH3 is 1. The third-order valence-corrected chi connectivity index (χ3v) is 2.95. The van der Waals surface area contributed by atoms with Crippen LogP contribution in [-0.4, -0.2) is 24.1 Å². The Kier molecular flexibility index (Phi) is 4.56. The van der Waals surface area contributed by atoms with E-state index in [0.29, 0.717) is 17.0 Å². The number of carboxylic acid groups (broad SMARTS) is 1. The molecule has 108 valence electrons. The van der Waals surface area contributed by atoms with Crippen molar-refractivity contribution < 1.29 is 19.4 Å². The van der Waals surface area contributed by atoms with Crippen LogP contribution in [0.4, 0.5) is 5.69 Å². The van der Waals surface area contributed by atoms with E-state index in [2.05, 4.69) is 5.32 Å². The minimum Gasteiger partial charge on any atom is -0.497 e. The molecule has 5 heteroatoms. The van der Waals surface area contributed by atoms with Crippen molar-refractivity contribution in [1.29, 1.82) is 0 Å². The summed E-state index contributed by atoms with van der Waals surface area (Å²) in [6.45, 7) is 0. The van der Waals surface area contributed by atoms with Gasteiger partial charge in [-0.05, 0) is 23.8 Å². The SMILES string of the molecule is COc1cccc(NC(=O)Cc2ccccc2C(=O)O)c1. The molecule has 0 spiro atoms. The van der Waals surface area contributed by atoms with E-state index < -0.39 is 5.97 Å². The molecule has 0 saturated carbocycles. The average Bonchev–Trinajstić information content (AvgIpc) is 2.47. The van der Waals surface area contributed by atoms with Crippen molar-refractivity contribution >= 4 is 17.6 Å². The quantitative estimate of drug-likeness (QED) is 0.885. The average molecular weight is 285 g/mol. The van der Waals surface area contributed by atoms with E-state index >= 15 is 0 Å². The number of anilines is 1. The molecule has 2 aromatic rings. The largest absolute Gasteiger partial charge is 0.497 e. The first-order valence-electron chi connectivity index (χ1n) is 6.35. The third kappa shape index (κ3) is 3.82. The lowest BCUT2D eigenvalue weighted by atomic mass is 10.0. The summed E-state index contributed by atoms with van der Waals surface area (Å²) in [6.07, 6.45) is -0.000314. The van der Waals surface area contributed by atoms with Gasteiger partial charge in [0.2, 0.25) is 5.91 Å². The van der Waals surface area contributed by atoms with E-state index in [1.165, 1.54) is 6.07 Å². The highest BCUT2D eigenvalue weighted by Gasteiger charge is 2.12. The van der Waals surface area contributed by atoms with Crippen LogP contribution < -0.4 is 10.1 Å². The number of hydrogen-bond acceptors (Lipinski definition) is 3. The maximum absolute atomic E-state index is 12.0. The highest BCUT2D eigenvalue weighted by molar-refractivity contribution is 5.96. The zero-order valence-electron chi connectivity index (χ0n) is 11.5. The van der Waals surface area contributed by atoms with Gasteiger partial charge in [-0.25, -0.2) is 4.79 Å². The molecule has 0 radical (unpaired) electrons.